The summed E-state index contributed by atoms with van der Waals surface area (Å²) in [5.74, 6) is -0.349. The molecule has 0 bridgehead atoms. The molecule has 0 radical (unpaired) electrons. The molecule has 0 aliphatic heterocycles. The normalized spacial score (nSPS) is 11.7. The molecule has 0 unspecified atom stereocenters. The standard InChI is InChI=1S/C15H11N3O3/c19-9-15(21)14-8-16-12-2-1-10(7-13(12)17-14)18-5-3-11(20)4-6-18/h1-9,19,21H. The van der Waals surface area contributed by atoms with Crippen molar-refractivity contribution in [2.75, 3.05) is 0 Å². The van der Waals surface area contributed by atoms with Gasteiger partial charge in [-0.1, -0.05) is 0 Å². The van der Waals surface area contributed by atoms with E-state index in [-0.39, 0.29) is 16.9 Å². The number of rotatable bonds is 2. The van der Waals surface area contributed by atoms with Crippen LogP contribution in [0.4, 0.5) is 0 Å². The van der Waals surface area contributed by atoms with E-state index in [1.165, 1.54) is 18.3 Å². The van der Waals surface area contributed by atoms with Gasteiger partial charge in [0.2, 0.25) is 0 Å². The van der Waals surface area contributed by atoms with Crippen LogP contribution in [0.3, 0.4) is 0 Å². The summed E-state index contributed by atoms with van der Waals surface area (Å²) in [5.41, 5.74) is 2.15. The quantitative estimate of drug-likeness (QED) is 0.703. The van der Waals surface area contributed by atoms with Gasteiger partial charge in [-0.15, -0.1) is 0 Å². The van der Waals surface area contributed by atoms with E-state index in [9.17, 15) is 9.90 Å². The van der Waals surface area contributed by atoms with Crippen molar-refractivity contribution >= 4 is 16.8 Å². The average Bonchev–Trinajstić information content (AvgIpc) is 2.53. The van der Waals surface area contributed by atoms with Gasteiger partial charge in [-0.25, -0.2) is 4.98 Å². The van der Waals surface area contributed by atoms with Crippen LogP contribution in [0, 0.1) is 0 Å². The summed E-state index contributed by atoms with van der Waals surface area (Å²) in [7, 11) is 0. The van der Waals surface area contributed by atoms with Crippen LogP contribution in [0.1, 0.15) is 5.69 Å². The Morgan fingerprint density at radius 3 is 2.62 bits per heavy atom. The number of hydrogen-bond donors (Lipinski definition) is 2. The second-order valence-corrected chi connectivity index (χ2v) is 4.38. The maximum Gasteiger partial charge on any atom is 0.181 e. The molecule has 0 amide bonds. The third-order valence-electron chi connectivity index (χ3n) is 3.01. The average molecular weight is 281 g/mol. The van der Waals surface area contributed by atoms with Crippen LogP contribution >= 0.6 is 0 Å². The van der Waals surface area contributed by atoms with Crippen LogP contribution in [0.15, 0.2) is 60.0 Å². The Morgan fingerprint density at radius 1 is 1.14 bits per heavy atom. The second-order valence-electron chi connectivity index (χ2n) is 4.38. The number of nitrogens with zero attached hydrogens (tertiary/aromatic N) is 3. The van der Waals surface area contributed by atoms with Gasteiger partial charge in [-0.2, -0.15) is 0 Å². The van der Waals surface area contributed by atoms with Crippen molar-refractivity contribution in [2.24, 2.45) is 0 Å². The number of hydrogen-bond acceptors (Lipinski definition) is 5. The van der Waals surface area contributed by atoms with Crippen LogP contribution in [0.25, 0.3) is 22.5 Å². The summed E-state index contributed by atoms with van der Waals surface area (Å²) < 4.78 is 1.77. The third-order valence-corrected chi connectivity index (χ3v) is 3.01. The maximum absolute atomic E-state index is 11.1. The van der Waals surface area contributed by atoms with Crippen LogP contribution in [-0.2, 0) is 0 Å². The van der Waals surface area contributed by atoms with Gasteiger partial charge >= 0.3 is 0 Å². The maximum atomic E-state index is 11.1. The fourth-order valence-electron chi connectivity index (χ4n) is 1.93. The number of fused-ring (bicyclic) bond motifs is 1. The Hall–Kier alpha value is -3.15. The van der Waals surface area contributed by atoms with Gasteiger partial charge in [0, 0.05) is 30.2 Å². The number of aliphatic hydroxyl groups excluding tert-OH is 2. The Balaban J connectivity index is 2.13. The molecule has 2 heterocycles. The minimum Gasteiger partial charge on any atom is -0.512 e. The molecular weight excluding hydrogens is 270 g/mol. The molecule has 0 spiro atoms. The molecular formula is C15H11N3O3. The molecule has 21 heavy (non-hydrogen) atoms. The minimum atomic E-state index is -0.349. The largest absolute Gasteiger partial charge is 0.512 e. The first-order valence-corrected chi connectivity index (χ1v) is 6.16. The van der Waals surface area contributed by atoms with Crippen molar-refractivity contribution in [3.8, 4) is 5.69 Å². The molecule has 1 aromatic carbocycles. The highest BCUT2D eigenvalue weighted by Crippen LogP contribution is 2.17. The van der Waals surface area contributed by atoms with Crippen molar-refractivity contribution in [1.29, 1.82) is 0 Å². The summed E-state index contributed by atoms with van der Waals surface area (Å²) >= 11 is 0. The highest BCUT2D eigenvalue weighted by molar-refractivity contribution is 5.78. The first-order valence-electron chi connectivity index (χ1n) is 6.16. The van der Waals surface area contributed by atoms with Gasteiger partial charge in [0.25, 0.3) is 0 Å². The fraction of sp³-hybridized carbons (Fsp3) is 0. The third kappa shape index (κ3) is 2.46. The van der Waals surface area contributed by atoms with E-state index >= 15 is 0 Å². The topological polar surface area (TPSA) is 88.2 Å². The zero-order valence-corrected chi connectivity index (χ0v) is 10.8. The molecule has 0 fully saturated rings. The lowest BCUT2D eigenvalue weighted by atomic mass is 10.2. The Kier molecular flexibility index (Phi) is 3.12. The summed E-state index contributed by atoms with van der Waals surface area (Å²) in [6.07, 6.45) is 5.27. The number of pyridine rings is 1. The summed E-state index contributed by atoms with van der Waals surface area (Å²) in [5, 5.41) is 18.3. The molecule has 104 valence electrons. The monoisotopic (exact) mass is 281 g/mol. The van der Waals surface area contributed by atoms with Crippen molar-refractivity contribution in [2.45, 2.75) is 0 Å². The molecule has 0 aliphatic carbocycles. The van der Waals surface area contributed by atoms with E-state index in [2.05, 4.69) is 9.97 Å². The van der Waals surface area contributed by atoms with Gasteiger partial charge in [0.15, 0.2) is 11.2 Å². The van der Waals surface area contributed by atoms with Crippen LogP contribution < -0.4 is 5.43 Å². The zero-order valence-electron chi connectivity index (χ0n) is 10.8. The SMILES string of the molecule is O=c1ccn(-c2ccc3ncc(C(O)=CO)nc3c2)cc1. The summed E-state index contributed by atoms with van der Waals surface area (Å²) in [4.78, 5) is 19.5. The molecule has 2 N–H and O–H groups in total. The van der Waals surface area contributed by atoms with E-state index < -0.39 is 0 Å². The van der Waals surface area contributed by atoms with Crippen LogP contribution in [-0.4, -0.2) is 24.7 Å². The summed E-state index contributed by atoms with van der Waals surface area (Å²) in [6.45, 7) is 0. The Labute approximate surface area is 119 Å². The van der Waals surface area contributed by atoms with E-state index in [0.29, 0.717) is 17.3 Å². The van der Waals surface area contributed by atoms with Crippen molar-refractivity contribution in [3.63, 3.8) is 0 Å². The molecule has 3 aromatic rings. The minimum absolute atomic E-state index is 0.0628. The van der Waals surface area contributed by atoms with Gasteiger partial charge in [-0.3, -0.25) is 9.78 Å². The van der Waals surface area contributed by atoms with Crippen molar-refractivity contribution < 1.29 is 10.2 Å². The van der Waals surface area contributed by atoms with E-state index in [0.717, 1.165) is 5.69 Å². The predicted molar refractivity (Wildman–Crippen MR) is 78.4 cm³/mol. The lowest BCUT2D eigenvalue weighted by molar-refractivity contribution is 0.430. The Bertz CT molecular complexity index is 880. The molecule has 6 nitrogen and oxygen atoms in total. The number of benzene rings is 1. The van der Waals surface area contributed by atoms with Gasteiger partial charge in [0.1, 0.15) is 12.0 Å². The fourth-order valence-corrected chi connectivity index (χ4v) is 1.93. The van der Waals surface area contributed by atoms with Gasteiger partial charge in [0.05, 0.1) is 17.2 Å². The number of aliphatic hydroxyl groups is 2. The number of aromatic nitrogens is 3. The molecule has 0 aliphatic rings. The van der Waals surface area contributed by atoms with E-state index in [1.807, 2.05) is 6.07 Å². The lowest BCUT2D eigenvalue weighted by Gasteiger charge is -2.07. The highest BCUT2D eigenvalue weighted by atomic mass is 16.3. The van der Waals surface area contributed by atoms with E-state index in [1.54, 1.807) is 29.1 Å². The first-order chi connectivity index (χ1) is 10.2. The zero-order chi connectivity index (χ0) is 14.8. The molecule has 6 heteroatoms. The van der Waals surface area contributed by atoms with Crippen LogP contribution in [0.5, 0.6) is 0 Å². The van der Waals surface area contributed by atoms with E-state index in [4.69, 9.17) is 5.11 Å². The molecule has 2 aromatic heterocycles. The molecule has 0 atom stereocenters. The molecule has 0 saturated carbocycles. The van der Waals surface area contributed by atoms with Crippen LogP contribution in [0.2, 0.25) is 0 Å². The Morgan fingerprint density at radius 2 is 1.90 bits per heavy atom. The second kappa shape index (κ2) is 5.09. The highest BCUT2D eigenvalue weighted by Gasteiger charge is 2.05. The van der Waals surface area contributed by atoms with Crippen molar-refractivity contribution in [3.05, 3.63) is 71.1 Å². The molecule has 3 rings (SSSR count). The smallest absolute Gasteiger partial charge is 0.181 e. The van der Waals surface area contributed by atoms with Gasteiger partial charge < -0.3 is 14.8 Å². The summed E-state index contributed by atoms with van der Waals surface area (Å²) in [6, 6.07) is 8.35. The lowest BCUT2D eigenvalue weighted by Crippen LogP contribution is -2.02. The van der Waals surface area contributed by atoms with Crippen molar-refractivity contribution in [1.82, 2.24) is 14.5 Å². The van der Waals surface area contributed by atoms with Gasteiger partial charge in [-0.05, 0) is 18.2 Å². The first kappa shape index (κ1) is 12.9. The molecule has 0 saturated heterocycles. The predicted octanol–water partition coefficient (Wildman–Crippen LogP) is 2.20.